The summed E-state index contributed by atoms with van der Waals surface area (Å²) in [5.74, 6) is -1.19. The maximum Gasteiger partial charge on any atom is 0.264 e. The molecule has 0 saturated carbocycles. The Kier molecular flexibility index (Phi) is 7.90. The summed E-state index contributed by atoms with van der Waals surface area (Å²) in [7, 11) is 0. The van der Waals surface area contributed by atoms with Crippen LogP contribution in [0, 0.1) is 5.92 Å². The van der Waals surface area contributed by atoms with E-state index in [2.05, 4.69) is 0 Å². The molecule has 43 heavy (non-hydrogen) atoms. The average Bonchev–Trinajstić information content (AvgIpc) is 3.55. The summed E-state index contributed by atoms with van der Waals surface area (Å²) in [6, 6.07) is 22.7. The minimum atomic E-state index is -1.87. The molecule has 0 aromatic heterocycles. The molecule has 3 aromatic rings. The van der Waals surface area contributed by atoms with Crippen molar-refractivity contribution in [3.8, 4) is 0 Å². The highest BCUT2D eigenvalue weighted by Gasteiger charge is 2.52. The molecule has 8 nitrogen and oxygen atoms in total. The Morgan fingerprint density at radius 1 is 1.05 bits per heavy atom. The molecule has 0 unspecified atom stereocenters. The summed E-state index contributed by atoms with van der Waals surface area (Å²) in [4.78, 5) is 44.9. The van der Waals surface area contributed by atoms with E-state index >= 15 is 0 Å². The Bertz CT molecular complexity index is 1570. The molecule has 3 aromatic carbocycles. The molecule has 3 aliphatic heterocycles. The van der Waals surface area contributed by atoms with E-state index in [0.717, 1.165) is 23.1 Å². The Hall–Kier alpha value is -4.27. The van der Waals surface area contributed by atoms with Crippen LogP contribution in [0.15, 0.2) is 84.9 Å². The molecule has 222 valence electrons. The third kappa shape index (κ3) is 5.26. The van der Waals surface area contributed by atoms with Crippen molar-refractivity contribution in [1.82, 2.24) is 4.90 Å². The minimum absolute atomic E-state index is 0.0296. The number of amides is 3. The molecule has 0 radical (unpaired) electrons. The van der Waals surface area contributed by atoms with Gasteiger partial charge in [-0.3, -0.25) is 14.4 Å². The lowest BCUT2D eigenvalue weighted by atomic mass is 9.82. The number of fused-ring (bicyclic) bond motifs is 2. The Morgan fingerprint density at radius 2 is 1.79 bits per heavy atom. The van der Waals surface area contributed by atoms with Gasteiger partial charge in [0.05, 0.1) is 24.9 Å². The average molecular weight is 580 g/mol. The second-order valence-corrected chi connectivity index (χ2v) is 11.7. The number of aliphatic hydroxyl groups is 2. The third-order valence-corrected chi connectivity index (χ3v) is 9.08. The molecule has 3 aliphatic rings. The SMILES string of the molecule is C[C@H](/C=C/CC(=O)N1Cc2ccccc2C[C@H]1CO)[C@@]1(O)C(=O)N(Cc2ccccc2)c2ccc(N3CCCC3=O)cc21. The van der Waals surface area contributed by atoms with Gasteiger partial charge >= 0.3 is 0 Å². The van der Waals surface area contributed by atoms with Crippen LogP contribution >= 0.6 is 0 Å². The molecular formula is C35H37N3O5. The molecule has 6 rings (SSSR count). The van der Waals surface area contributed by atoms with E-state index in [-0.39, 0.29) is 30.9 Å². The molecule has 8 heteroatoms. The number of carbonyl (C=O) groups is 3. The summed E-state index contributed by atoms with van der Waals surface area (Å²) in [6.07, 6.45) is 5.37. The normalized spacial score (nSPS) is 22.3. The lowest BCUT2D eigenvalue weighted by Crippen LogP contribution is -2.46. The van der Waals surface area contributed by atoms with Crippen LogP contribution in [-0.2, 0) is 39.5 Å². The van der Waals surface area contributed by atoms with E-state index in [9.17, 15) is 24.6 Å². The Morgan fingerprint density at radius 3 is 2.51 bits per heavy atom. The zero-order valence-corrected chi connectivity index (χ0v) is 24.4. The highest BCUT2D eigenvalue weighted by molar-refractivity contribution is 6.08. The first-order valence-corrected chi connectivity index (χ1v) is 15.0. The van der Waals surface area contributed by atoms with Crippen molar-refractivity contribution in [3.63, 3.8) is 0 Å². The van der Waals surface area contributed by atoms with Crippen LogP contribution in [0.4, 0.5) is 11.4 Å². The van der Waals surface area contributed by atoms with Gasteiger partial charge in [0, 0.05) is 43.1 Å². The smallest absolute Gasteiger partial charge is 0.264 e. The minimum Gasteiger partial charge on any atom is -0.394 e. The zero-order valence-electron chi connectivity index (χ0n) is 24.4. The summed E-state index contributed by atoms with van der Waals surface area (Å²) in [5, 5.41) is 22.2. The van der Waals surface area contributed by atoms with E-state index in [0.29, 0.717) is 49.4 Å². The molecule has 0 aliphatic carbocycles. The fourth-order valence-corrected chi connectivity index (χ4v) is 6.62. The molecular weight excluding hydrogens is 542 g/mol. The highest BCUT2D eigenvalue weighted by Crippen LogP contribution is 2.47. The number of hydrogen-bond acceptors (Lipinski definition) is 5. The summed E-state index contributed by atoms with van der Waals surface area (Å²) in [5.41, 5.74) is 3.01. The van der Waals surface area contributed by atoms with Gasteiger partial charge in [-0.2, -0.15) is 0 Å². The van der Waals surface area contributed by atoms with Crippen LogP contribution in [0.2, 0.25) is 0 Å². The molecule has 3 atom stereocenters. The zero-order chi connectivity index (χ0) is 30.1. The Labute approximate surface area is 251 Å². The molecule has 1 saturated heterocycles. The van der Waals surface area contributed by atoms with Crippen molar-refractivity contribution < 1.29 is 24.6 Å². The van der Waals surface area contributed by atoms with E-state index in [4.69, 9.17) is 0 Å². The Balaban J connectivity index is 1.26. The van der Waals surface area contributed by atoms with Gasteiger partial charge in [-0.05, 0) is 47.7 Å². The van der Waals surface area contributed by atoms with Crippen molar-refractivity contribution >= 4 is 29.1 Å². The van der Waals surface area contributed by atoms with Gasteiger partial charge in [-0.1, -0.05) is 73.7 Å². The van der Waals surface area contributed by atoms with Gasteiger partial charge in [-0.25, -0.2) is 0 Å². The molecule has 0 bridgehead atoms. The topological polar surface area (TPSA) is 101 Å². The van der Waals surface area contributed by atoms with Gasteiger partial charge in [0.1, 0.15) is 0 Å². The van der Waals surface area contributed by atoms with Crippen molar-refractivity contribution in [3.05, 3.63) is 107 Å². The quantitative estimate of drug-likeness (QED) is 0.392. The second kappa shape index (κ2) is 11.8. The summed E-state index contributed by atoms with van der Waals surface area (Å²) in [6.45, 7) is 2.99. The number of aliphatic hydroxyl groups excluding tert-OH is 1. The highest BCUT2D eigenvalue weighted by atomic mass is 16.3. The van der Waals surface area contributed by atoms with Crippen molar-refractivity contribution in [2.45, 2.75) is 57.3 Å². The maximum atomic E-state index is 14.0. The maximum absolute atomic E-state index is 14.0. The lowest BCUT2D eigenvalue weighted by Gasteiger charge is -2.36. The molecule has 0 spiro atoms. The third-order valence-electron chi connectivity index (χ3n) is 9.08. The van der Waals surface area contributed by atoms with Gasteiger partial charge in [-0.15, -0.1) is 0 Å². The van der Waals surface area contributed by atoms with Gasteiger partial charge < -0.3 is 24.9 Å². The first-order chi connectivity index (χ1) is 20.8. The second-order valence-electron chi connectivity index (χ2n) is 11.7. The monoisotopic (exact) mass is 579 g/mol. The predicted molar refractivity (Wildman–Crippen MR) is 164 cm³/mol. The summed E-state index contributed by atoms with van der Waals surface area (Å²) < 4.78 is 0. The molecule has 3 heterocycles. The largest absolute Gasteiger partial charge is 0.394 e. The van der Waals surface area contributed by atoms with Crippen molar-refractivity contribution in [1.29, 1.82) is 0 Å². The molecule has 2 N–H and O–H groups in total. The predicted octanol–water partition coefficient (Wildman–Crippen LogP) is 4.08. The van der Waals surface area contributed by atoms with Crippen LogP contribution < -0.4 is 9.80 Å². The van der Waals surface area contributed by atoms with Crippen molar-refractivity contribution in [2.24, 2.45) is 5.92 Å². The molecule has 1 fully saturated rings. The lowest BCUT2D eigenvalue weighted by molar-refractivity contribution is -0.139. The fourth-order valence-electron chi connectivity index (χ4n) is 6.62. The van der Waals surface area contributed by atoms with Crippen LogP contribution in [-0.4, -0.2) is 52.0 Å². The van der Waals surface area contributed by atoms with Gasteiger partial charge in [0.2, 0.25) is 11.8 Å². The fraction of sp³-hybridized carbons (Fsp3) is 0.343. The number of anilines is 2. The van der Waals surface area contributed by atoms with Crippen LogP contribution in [0.1, 0.15) is 48.4 Å². The number of nitrogens with zero attached hydrogens (tertiary/aromatic N) is 3. The van der Waals surface area contributed by atoms with Crippen LogP contribution in [0.3, 0.4) is 0 Å². The number of benzene rings is 3. The summed E-state index contributed by atoms with van der Waals surface area (Å²) >= 11 is 0. The first-order valence-electron chi connectivity index (χ1n) is 15.0. The van der Waals surface area contributed by atoms with Crippen molar-refractivity contribution in [2.75, 3.05) is 23.0 Å². The van der Waals surface area contributed by atoms with E-state index in [1.165, 1.54) is 0 Å². The number of carbonyl (C=O) groups excluding carboxylic acids is 3. The van der Waals surface area contributed by atoms with Gasteiger partial charge in [0.15, 0.2) is 5.60 Å². The van der Waals surface area contributed by atoms with E-state index < -0.39 is 17.4 Å². The number of rotatable bonds is 8. The first kappa shape index (κ1) is 28.8. The van der Waals surface area contributed by atoms with Crippen LogP contribution in [0.25, 0.3) is 0 Å². The van der Waals surface area contributed by atoms with Gasteiger partial charge in [0.25, 0.3) is 5.91 Å². The van der Waals surface area contributed by atoms with E-state index in [1.807, 2.05) is 66.7 Å². The van der Waals surface area contributed by atoms with Crippen LogP contribution in [0.5, 0.6) is 0 Å². The van der Waals surface area contributed by atoms with E-state index in [1.54, 1.807) is 39.8 Å². The molecule has 3 amide bonds. The number of hydrogen-bond donors (Lipinski definition) is 2. The standard InChI is InChI=1S/C35H37N3O5/c1-24(9-7-14-33(41)37-22-27-13-6-5-12-26(27)19-29(37)23-39)35(43)30-20-28(36-18-8-15-32(36)40)16-17-31(30)38(34(35)42)21-25-10-3-2-4-11-25/h2-7,9-13,16-17,20,24,29,39,43H,8,14-15,18-19,21-23H2,1H3/b9-7+/t24-,29+,35+/m1/s1.